The molecule has 0 aromatic carbocycles. The van der Waals surface area contributed by atoms with Crippen molar-refractivity contribution in [1.82, 2.24) is 14.9 Å². The summed E-state index contributed by atoms with van der Waals surface area (Å²) in [5.41, 5.74) is 1.12. The highest BCUT2D eigenvalue weighted by Gasteiger charge is 2.32. The van der Waals surface area contributed by atoms with Crippen molar-refractivity contribution in [3.05, 3.63) is 18.2 Å². The number of aromatic nitrogens is 2. The topological polar surface area (TPSA) is 50.1 Å². The van der Waals surface area contributed by atoms with Crippen LogP contribution in [0, 0.1) is 0 Å². The quantitative estimate of drug-likeness (QED) is 0.771. The largest absolute Gasteiger partial charge is 0.394 e. The Bertz CT molecular complexity index is 315. The van der Waals surface area contributed by atoms with Crippen LogP contribution in [0.5, 0.6) is 0 Å². The van der Waals surface area contributed by atoms with E-state index in [4.69, 9.17) is 0 Å². The standard InChI is InChI=1S/C11H19N3O/c1-14-9-12-6-10(14)7-13-11(8-15)4-2-3-5-11/h6,9,13,15H,2-5,7-8H2,1H3. The summed E-state index contributed by atoms with van der Waals surface area (Å²) in [6.07, 6.45) is 8.28. The Morgan fingerprint density at radius 2 is 2.27 bits per heavy atom. The lowest BCUT2D eigenvalue weighted by Gasteiger charge is -2.28. The Balaban J connectivity index is 1.94. The highest BCUT2D eigenvalue weighted by atomic mass is 16.3. The van der Waals surface area contributed by atoms with Crippen LogP contribution in [-0.2, 0) is 13.6 Å². The van der Waals surface area contributed by atoms with E-state index in [-0.39, 0.29) is 12.1 Å². The van der Waals surface area contributed by atoms with Crippen LogP contribution in [0.1, 0.15) is 31.4 Å². The molecule has 1 heterocycles. The van der Waals surface area contributed by atoms with E-state index in [1.54, 1.807) is 6.33 Å². The van der Waals surface area contributed by atoms with Gasteiger partial charge in [0.25, 0.3) is 0 Å². The molecule has 0 spiro atoms. The van der Waals surface area contributed by atoms with Gasteiger partial charge in [0, 0.05) is 25.3 Å². The molecule has 84 valence electrons. The second-order valence-corrected chi connectivity index (χ2v) is 4.49. The van der Waals surface area contributed by atoms with Crippen LogP contribution >= 0.6 is 0 Å². The summed E-state index contributed by atoms with van der Waals surface area (Å²) in [6.45, 7) is 1.03. The van der Waals surface area contributed by atoms with E-state index >= 15 is 0 Å². The van der Waals surface area contributed by atoms with Gasteiger partial charge in [0.15, 0.2) is 0 Å². The molecule has 1 aromatic heterocycles. The van der Waals surface area contributed by atoms with Crippen molar-refractivity contribution in [3.63, 3.8) is 0 Å². The fourth-order valence-corrected chi connectivity index (χ4v) is 2.28. The fourth-order valence-electron chi connectivity index (χ4n) is 2.28. The maximum atomic E-state index is 9.43. The Hall–Kier alpha value is -0.870. The van der Waals surface area contributed by atoms with Gasteiger partial charge in [-0.1, -0.05) is 12.8 Å². The van der Waals surface area contributed by atoms with Crippen LogP contribution in [0.2, 0.25) is 0 Å². The van der Waals surface area contributed by atoms with Gasteiger partial charge < -0.3 is 15.0 Å². The van der Waals surface area contributed by atoms with E-state index in [9.17, 15) is 5.11 Å². The predicted octanol–water partition coefficient (Wildman–Crippen LogP) is 0.815. The molecule has 0 radical (unpaired) electrons. The molecule has 0 unspecified atom stereocenters. The molecule has 0 bridgehead atoms. The molecule has 4 heteroatoms. The van der Waals surface area contributed by atoms with Gasteiger partial charge in [0.05, 0.1) is 18.6 Å². The summed E-state index contributed by atoms with van der Waals surface area (Å²) >= 11 is 0. The molecule has 0 amide bonds. The van der Waals surface area contributed by atoms with E-state index < -0.39 is 0 Å². The van der Waals surface area contributed by atoms with E-state index in [1.165, 1.54) is 12.8 Å². The van der Waals surface area contributed by atoms with Gasteiger partial charge in [-0.05, 0) is 12.8 Å². The summed E-state index contributed by atoms with van der Waals surface area (Å²) < 4.78 is 2.01. The average Bonchev–Trinajstić information content (AvgIpc) is 2.85. The molecule has 1 aliphatic rings. The van der Waals surface area contributed by atoms with Crippen LogP contribution in [0.25, 0.3) is 0 Å². The third-order valence-electron chi connectivity index (χ3n) is 3.42. The van der Waals surface area contributed by atoms with Gasteiger partial charge in [-0.15, -0.1) is 0 Å². The molecule has 1 aliphatic carbocycles. The molecule has 1 saturated carbocycles. The molecule has 0 aliphatic heterocycles. The average molecular weight is 209 g/mol. The number of rotatable bonds is 4. The molecule has 0 atom stereocenters. The number of aryl methyl sites for hydroxylation is 1. The van der Waals surface area contributed by atoms with Crippen molar-refractivity contribution in [3.8, 4) is 0 Å². The first-order valence-corrected chi connectivity index (χ1v) is 5.57. The minimum Gasteiger partial charge on any atom is -0.394 e. The van der Waals surface area contributed by atoms with Gasteiger partial charge in [0.2, 0.25) is 0 Å². The van der Waals surface area contributed by atoms with Crippen LogP contribution in [0.15, 0.2) is 12.5 Å². The normalized spacial score (nSPS) is 19.6. The first-order chi connectivity index (χ1) is 7.26. The van der Waals surface area contributed by atoms with Crippen LogP contribution in [0.3, 0.4) is 0 Å². The highest BCUT2D eigenvalue weighted by Crippen LogP contribution is 2.29. The van der Waals surface area contributed by atoms with Gasteiger partial charge in [-0.25, -0.2) is 4.98 Å². The second kappa shape index (κ2) is 4.33. The van der Waals surface area contributed by atoms with Crippen molar-refractivity contribution in [2.45, 2.75) is 37.8 Å². The number of imidazole rings is 1. The minimum atomic E-state index is -0.0374. The third kappa shape index (κ3) is 2.21. The van der Waals surface area contributed by atoms with Crippen LogP contribution < -0.4 is 5.32 Å². The second-order valence-electron chi connectivity index (χ2n) is 4.49. The first-order valence-electron chi connectivity index (χ1n) is 5.57. The minimum absolute atomic E-state index is 0.0374. The summed E-state index contributed by atoms with van der Waals surface area (Å²) in [7, 11) is 1.99. The Morgan fingerprint density at radius 1 is 1.53 bits per heavy atom. The lowest BCUT2D eigenvalue weighted by molar-refractivity contribution is 0.162. The molecule has 4 nitrogen and oxygen atoms in total. The molecular formula is C11H19N3O. The Labute approximate surface area is 90.3 Å². The molecule has 15 heavy (non-hydrogen) atoms. The van der Waals surface area contributed by atoms with E-state index in [0.29, 0.717) is 0 Å². The SMILES string of the molecule is Cn1cncc1CNC1(CO)CCCC1. The number of aliphatic hydroxyl groups is 1. The van der Waals surface area contributed by atoms with Crippen molar-refractivity contribution in [1.29, 1.82) is 0 Å². The first kappa shape index (κ1) is 10.6. The summed E-state index contributed by atoms with van der Waals surface area (Å²) in [6, 6.07) is 0. The van der Waals surface area contributed by atoms with Gasteiger partial charge in [-0.3, -0.25) is 0 Å². The van der Waals surface area contributed by atoms with Crippen molar-refractivity contribution < 1.29 is 5.11 Å². The van der Waals surface area contributed by atoms with Crippen molar-refractivity contribution in [2.24, 2.45) is 7.05 Å². The Kier molecular flexibility index (Phi) is 3.07. The summed E-state index contributed by atoms with van der Waals surface area (Å²) in [5, 5.41) is 12.9. The van der Waals surface area contributed by atoms with Crippen LogP contribution in [-0.4, -0.2) is 26.8 Å². The molecular weight excluding hydrogens is 190 g/mol. The van der Waals surface area contributed by atoms with Crippen molar-refractivity contribution >= 4 is 0 Å². The van der Waals surface area contributed by atoms with E-state index in [1.807, 2.05) is 17.8 Å². The molecule has 0 saturated heterocycles. The number of hydrogen-bond donors (Lipinski definition) is 2. The number of hydrogen-bond acceptors (Lipinski definition) is 3. The smallest absolute Gasteiger partial charge is 0.0945 e. The third-order valence-corrected chi connectivity index (χ3v) is 3.42. The van der Waals surface area contributed by atoms with Gasteiger partial charge in [0.1, 0.15) is 0 Å². The van der Waals surface area contributed by atoms with E-state index in [2.05, 4.69) is 10.3 Å². The number of nitrogens with one attached hydrogen (secondary N) is 1. The Morgan fingerprint density at radius 3 is 2.80 bits per heavy atom. The number of aliphatic hydroxyl groups excluding tert-OH is 1. The number of nitrogens with zero attached hydrogens (tertiary/aromatic N) is 2. The molecule has 1 aromatic rings. The zero-order valence-electron chi connectivity index (χ0n) is 9.24. The lowest BCUT2D eigenvalue weighted by atomic mass is 9.99. The van der Waals surface area contributed by atoms with Gasteiger partial charge >= 0.3 is 0 Å². The van der Waals surface area contributed by atoms with E-state index in [0.717, 1.165) is 25.1 Å². The fraction of sp³-hybridized carbons (Fsp3) is 0.727. The van der Waals surface area contributed by atoms with Gasteiger partial charge in [-0.2, -0.15) is 0 Å². The highest BCUT2D eigenvalue weighted by molar-refractivity contribution is 5.00. The molecule has 1 fully saturated rings. The molecule has 2 N–H and O–H groups in total. The summed E-state index contributed by atoms with van der Waals surface area (Å²) in [5.74, 6) is 0. The zero-order valence-corrected chi connectivity index (χ0v) is 9.24. The monoisotopic (exact) mass is 209 g/mol. The summed E-state index contributed by atoms with van der Waals surface area (Å²) in [4.78, 5) is 4.08. The maximum absolute atomic E-state index is 9.43. The predicted molar refractivity (Wildman–Crippen MR) is 58.3 cm³/mol. The lowest BCUT2D eigenvalue weighted by Crippen LogP contribution is -2.45. The maximum Gasteiger partial charge on any atom is 0.0945 e. The molecule has 2 rings (SSSR count). The van der Waals surface area contributed by atoms with Crippen LogP contribution in [0.4, 0.5) is 0 Å². The van der Waals surface area contributed by atoms with Crippen molar-refractivity contribution in [2.75, 3.05) is 6.61 Å². The zero-order chi connectivity index (χ0) is 10.7.